The molecule has 1 aromatic carbocycles. The van der Waals surface area contributed by atoms with E-state index in [1.807, 2.05) is 6.07 Å². The minimum absolute atomic E-state index is 0.291. The second-order valence-electron chi connectivity index (χ2n) is 4.40. The van der Waals surface area contributed by atoms with Crippen LogP contribution in [0.1, 0.15) is 17.1 Å². The molecule has 1 aromatic heterocycles. The summed E-state index contributed by atoms with van der Waals surface area (Å²) in [6.45, 7) is 1.10. The van der Waals surface area contributed by atoms with Gasteiger partial charge in [0.1, 0.15) is 11.8 Å². The van der Waals surface area contributed by atoms with E-state index in [0.29, 0.717) is 29.5 Å². The summed E-state index contributed by atoms with van der Waals surface area (Å²) in [7, 11) is -3.15. The Bertz CT molecular complexity index is 725. The highest BCUT2D eigenvalue weighted by molar-refractivity contribution is 7.90. The zero-order chi connectivity index (χ0) is 14.6. The van der Waals surface area contributed by atoms with E-state index < -0.39 is 9.84 Å². The Kier molecular flexibility index (Phi) is 4.23. The topological polar surface area (TPSA) is 83.1 Å². The van der Waals surface area contributed by atoms with Crippen molar-refractivity contribution in [3.63, 3.8) is 0 Å². The largest absolute Gasteiger partial charge is 0.449 e. The number of furan rings is 1. The molecule has 0 saturated heterocycles. The minimum atomic E-state index is -3.15. The van der Waals surface area contributed by atoms with Gasteiger partial charge in [-0.15, -0.1) is 0 Å². The maximum Gasteiger partial charge on any atom is 0.203 e. The van der Waals surface area contributed by atoms with Crippen LogP contribution in [0, 0.1) is 11.3 Å². The summed E-state index contributed by atoms with van der Waals surface area (Å²) in [5.74, 6) is 0.980. The highest BCUT2D eigenvalue weighted by Gasteiger charge is 2.06. The van der Waals surface area contributed by atoms with E-state index in [1.54, 1.807) is 36.4 Å². The quantitative estimate of drug-likeness (QED) is 0.908. The van der Waals surface area contributed by atoms with Crippen LogP contribution in [0.2, 0.25) is 0 Å². The maximum atomic E-state index is 11.3. The fraction of sp³-hybridized carbons (Fsp3) is 0.214. The Morgan fingerprint density at radius 1 is 1.15 bits per heavy atom. The maximum absolute atomic E-state index is 11.3. The van der Waals surface area contributed by atoms with Gasteiger partial charge in [0.15, 0.2) is 9.84 Å². The zero-order valence-electron chi connectivity index (χ0n) is 11.0. The first kappa shape index (κ1) is 14.3. The molecular weight excluding hydrogens is 276 g/mol. The molecule has 0 fully saturated rings. The molecule has 6 heteroatoms. The average molecular weight is 290 g/mol. The first-order valence-electron chi connectivity index (χ1n) is 5.97. The van der Waals surface area contributed by atoms with Gasteiger partial charge in [0.25, 0.3) is 0 Å². The molecule has 5 nitrogen and oxygen atoms in total. The van der Waals surface area contributed by atoms with Crippen LogP contribution >= 0.6 is 0 Å². The van der Waals surface area contributed by atoms with Gasteiger partial charge in [0.2, 0.25) is 5.76 Å². The SMILES string of the molecule is CS(=O)(=O)c1ccc(CNCc2ccc(C#N)o2)cc1. The lowest BCUT2D eigenvalue weighted by molar-refractivity contribution is 0.474. The number of nitrogens with zero attached hydrogens (tertiary/aromatic N) is 1. The van der Waals surface area contributed by atoms with Crippen LogP contribution < -0.4 is 5.32 Å². The van der Waals surface area contributed by atoms with E-state index in [1.165, 1.54) is 6.26 Å². The highest BCUT2D eigenvalue weighted by atomic mass is 32.2. The molecule has 0 aliphatic heterocycles. The van der Waals surface area contributed by atoms with Crippen molar-refractivity contribution >= 4 is 9.84 Å². The smallest absolute Gasteiger partial charge is 0.203 e. The van der Waals surface area contributed by atoms with Crippen molar-refractivity contribution in [2.75, 3.05) is 6.26 Å². The summed E-state index contributed by atoms with van der Waals surface area (Å²) in [5.41, 5.74) is 0.976. The molecule has 104 valence electrons. The van der Waals surface area contributed by atoms with Gasteiger partial charge in [0, 0.05) is 12.8 Å². The van der Waals surface area contributed by atoms with E-state index in [-0.39, 0.29) is 0 Å². The van der Waals surface area contributed by atoms with Crippen molar-refractivity contribution in [3.05, 3.63) is 53.5 Å². The molecule has 0 aliphatic carbocycles. The fourth-order valence-electron chi connectivity index (χ4n) is 1.72. The zero-order valence-corrected chi connectivity index (χ0v) is 11.8. The van der Waals surface area contributed by atoms with Gasteiger partial charge >= 0.3 is 0 Å². The highest BCUT2D eigenvalue weighted by Crippen LogP contribution is 2.11. The Balaban J connectivity index is 1.90. The molecule has 2 aromatic rings. The Labute approximate surface area is 117 Å². The lowest BCUT2D eigenvalue weighted by Gasteiger charge is -2.04. The summed E-state index contributed by atoms with van der Waals surface area (Å²) in [6, 6.07) is 12.0. The van der Waals surface area contributed by atoms with Gasteiger partial charge in [-0.25, -0.2) is 8.42 Å². The molecule has 0 saturated carbocycles. The molecule has 0 amide bonds. The van der Waals surface area contributed by atoms with Gasteiger partial charge < -0.3 is 9.73 Å². The lowest BCUT2D eigenvalue weighted by Crippen LogP contribution is -2.12. The second kappa shape index (κ2) is 5.90. The van der Waals surface area contributed by atoms with Crippen molar-refractivity contribution in [1.29, 1.82) is 5.26 Å². The summed E-state index contributed by atoms with van der Waals surface area (Å²) < 4.78 is 27.9. The Morgan fingerprint density at radius 2 is 1.85 bits per heavy atom. The number of nitriles is 1. The summed E-state index contributed by atoms with van der Waals surface area (Å²) in [6.07, 6.45) is 1.18. The molecule has 0 atom stereocenters. The molecule has 2 rings (SSSR count). The number of sulfone groups is 1. The third kappa shape index (κ3) is 3.70. The van der Waals surface area contributed by atoms with Gasteiger partial charge in [-0.3, -0.25) is 0 Å². The number of nitrogens with one attached hydrogen (secondary N) is 1. The first-order chi connectivity index (χ1) is 9.49. The van der Waals surface area contributed by atoms with E-state index in [4.69, 9.17) is 9.68 Å². The van der Waals surface area contributed by atoms with Crippen molar-refractivity contribution < 1.29 is 12.8 Å². The molecule has 0 bridgehead atoms. The van der Waals surface area contributed by atoms with Crippen LogP contribution in [0.25, 0.3) is 0 Å². The fourth-order valence-corrected chi connectivity index (χ4v) is 2.35. The summed E-state index contributed by atoms with van der Waals surface area (Å²) >= 11 is 0. The molecule has 1 heterocycles. The van der Waals surface area contributed by atoms with Crippen LogP contribution in [-0.2, 0) is 22.9 Å². The van der Waals surface area contributed by atoms with Gasteiger partial charge in [-0.1, -0.05) is 12.1 Å². The number of rotatable bonds is 5. The Hall–Kier alpha value is -2.10. The van der Waals surface area contributed by atoms with Gasteiger partial charge in [-0.2, -0.15) is 5.26 Å². The van der Waals surface area contributed by atoms with Crippen molar-refractivity contribution in [1.82, 2.24) is 5.32 Å². The van der Waals surface area contributed by atoms with Crippen molar-refractivity contribution in [2.45, 2.75) is 18.0 Å². The molecule has 0 spiro atoms. The minimum Gasteiger partial charge on any atom is -0.449 e. The van der Waals surface area contributed by atoms with E-state index in [9.17, 15) is 8.42 Å². The van der Waals surface area contributed by atoms with E-state index in [2.05, 4.69) is 5.32 Å². The standard InChI is InChI=1S/C14H14N2O3S/c1-20(17,18)14-6-2-11(3-7-14)9-16-10-13-5-4-12(8-15)19-13/h2-7,16H,9-10H2,1H3. The number of benzene rings is 1. The third-order valence-electron chi connectivity index (χ3n) is 2.75. The van der Waals surface area contributed by atoms with Crippen LogP contribution in [-0.4, -0.2) is 14.7 Å². The average Bonchev–Trinajstić information content (AvgIpc) is 2.86. The van der Waals surface area contributed by atoms with Crippen LogP contribution in [0.4, 0.5) is 0 Å². The van der Waals surface area contributed by atoms with Crippen LogP contribution in [0.3, 0.4) is 0 Å². The number of hydrogen-bond acceptors (Lipinski definition) is 5. The molecule has 0 aliphatic rings. The third-order valence-corrected chi connectivity index (χ3v) is 3.88. The molecule has 1 N–H and O–H groups in total. The molecule has 0 unspecified atom stereocenters. The Morgan fingerprint density at radius 3 is 2.40 bits per heavy atom. The van der Waals surface area contributed by atoms with Crippen LogP contribution in [0.5, 0.6) is 0 Å². The van der Waals surface area contributed by atoms with Gasteiger partial charge in [-0.05, 0) is 29.8 Å². The molecular formula is C14H14N2O3S. The predicted octanol–water partition coefficient (Wildman–Crippen LogP) is 1.84. The second-order valence-corrected chi connectivity index (χ2v) is 6.41. The van der Waals surface area contributed by atoms with Crippen molar-refractivity contribution in [2.24, 2.45) is 0 Å². The molecule has 0 radical (unpaired) electrons. The normalized spacial score (nSPS) is 11.2. The van der Waals surface area contributed by atoms with Crippen LogP contribution in [0.15, 0.2) is 45.7 Å². The number of hydrogen-bond donors (Lipinski definition) is 1. The van der Waals surface area contributed by atoms with E-state index in [0.717, 1.165) is 5.56 Å². The van der Waals surface area contributed by atoms with Crippen molar-refractivity contribution in [3.8, 4) is 6.07 Å². The molecule has 20 heavy (non-hydrogen) atoms. The lowest BCUT2D eigenvalue weighted by atomic mass is 10.2. The predicted molar refractivity (Wildman–Crippen MR) is 73.5 cm³/mol. The van der Waals surface area contributed by atoms with E-state index >= 15 is 0 Å². The first-order valence-corrected chi connectivity index (χ1v) is 7.87. The summed E-state index contributed by atoms with van der Waals surface area (Å²) in [4.78, 5) is 0.311. The monoisotopic (exact) mass is 290 g/mol. The summed E-state index contributed by atoms with van der Waals surface area (Å²) in [5, 5.41) is 11.8. The van der Waals surface area contributed by atoms with Gasteiger partial charge in [0.05, 0.1) is 11.4 Å².